The summed E-state index contributed by atoms with van der Waals surface area (Å²) >= 11 is 0. The number of nitrogens with one attached hydrogen (secondary N) is 1. The largest absolute Gasteiger partial charge is 0.489 e. The molecule has 1 fully saturated rings. The SMILES string of the molecule is O=C(Nc1ccc(OCc2ccccc2)cc1)C1CCCN1S(=O)(=O)c1ccccc1. The second-order valence-electron chi connectivity index (χ2n) is 7.37. The Morgan fingerprint density at radius 1 is 0.935 bits per heavy atom. The Bertz CT molecular complexity index is 1120. The molecule has 1 atom stereocenters. The third kappa shape index (κ3) is 4.95. The molecular formula is C24H24N2O4S. The van der Waals surface area contributed by atoms with Gasteiger partial charge in [0, 0.05) is 12.2 Å². The molecule has 1 aliphatic heterocycles. The van der Waals surface area contributed by atoms with Gasteiger partial charge in [0.25, 0.3) is 0 Å². The highest BCUT2D eigenvalue weighted by atomic mass is 32.2. The molecule has 0 bridgehead atoms. The van der Waals surface area contributed by atoms with Crippen molar-refractivity contribution in [2.45, 2.75) is 30.4 Å². The molecule has 160 valence electrons. The number of rotatable bonds is 7. The monoisotopic (exact) mass is 436 g/mol. The van der Waals surface area contributed by atoms with Crippen molar-refractivity contribution >= 4 is 21.6 Å². The number of benzene rings is 3. The van der Waals surface area contributed by atoms with Crippen LogP contribution in [-0.2, 0) is 21.4 Å². The van der Waals surface area contributed by atoms with Gasteiger partial charge in [-0.15, -0.1) is 0 Å². The lowest BCUT2D eigenvalue weighted by Gasteiger charge is -2.23. The fourth-order valence-corrected chi connectivity index (χ4v) is 5.30. The van der Waals surface area contributed by atoms with E-state index in [2.05, 4.69) is 5.32 Å². The zero-order valence-electron chi connectivity index (χ0n) is 17.0. The van der Waals surface area contributed by atoms with Gasteiger partial charge in [-0.3, -0.25) is 4.79 Å². The van der Waals surface area contributed by atoms with E-state index in [9.17, 15) is 13.2 Å². The van der Waals surface area contributed by atoms with Crippen LogP contribution in [0.15, 0.2) is 89.8 Å². The number of sulfonamides is 1. The van der Waals surface area contributed by atoms with Gasteiger partial charge < -0.3 is 10.1 Å². The van der Waals surface area contributed by atoms with Crippen LogP contribution in [0, 0.1) is 0 Å². The summed E-state index contributed by atoms with van der Waals surface area (Å²) in [6.45, 7) is 0.794. The molecule has 1 saturated heterocycles. The normalized spacial score (nSPS) is 16.7. The molecule has 31 heavy (non-hydrogen) atoms. The zero-order chi connectivity index (χ0) is 21.7. The number of hydrogen-bond donors (Lipinski definition) is 1. The highest BCUT2D eigenvalue weighted by molar-refractivity contribution is 7.89. The van der Waals surface area contributed by atoms with Crippen molar-refractivity contribution < 1.29 is 17.9 Å². The number of amides is 1. The Morgan fingerprint density at radius 3 is 2.26 bits per heavy atom. The molecule has 0 spiro atoms. The number of anilines is 1. The van der Waals surface area contributed by atoms with E-state index in [0.717, 1.165) is 5.56 Å². The average Bonchev–Trinajstić information content (AvgIpc) is 3.31. The summed E-state index contributed by atoms with van der Waals surface area (Å²) in [5.74, 6) is 0.367. The van der Waals surface area contributed by atoms with Crippen LogP contribution in [0.2, 0.25) is 0 Å². The van der Waals surface area contributed by atoms with Crippen LogP contribution < -0.4 is 10.1 Å². The average molecular weight is 437 g/mol. The van der Waals surface area contributed by atoms with Gasteiger partial charge in [0.1, 0.15) is 18.4 Å². The Labute approximate surface area is 182 Å². The minimum absolute atomic E-state index is 0.203. The molecule has 4 rings (SSSR count). The smallest absolute Gasteiger partial charge is 0.243 e. The number of ether oxygens (including phenoxy) is 1. The number of hydrogen-bond acceptors (Lipinski definition) is 4. The van der Waals surface area contributed by atoms with Crippen molar-refractivity contribution in [1.82, 2.24) is 4.31 Å². The summed E-state index contributed by atoms with van der Waals surface area (Å²) < 4.78 is 33.0. The fraction of sp³-hybridized carbons (Fsp3) is 0.208. The van der Waals surface area contributed by atoms with Crippen LogP contribution in [0.3, 0.4) is 0 Å². The van der Waals surface area contributed by atoms with E-state index >= 15 is 0 Å². The molecule has 0 aliphatic carbocycles. The lowest BCUT2D eigenvalue weighted by molar-refractivity contribution is -0.119. The Morgan fingerprint density at radius 2 is 1.58 bits per heavy atom. The summed E-state index contributed by atoms with van der Waals surface area (Å²) in [5, 5.41) is 2.84. The Hall–Kier alpha value is -3.16. The quantitative estimate of drug-likeness (QED) is 0.606. The summed E-state index contributed by atoms with van der Waals surface area (Å²) in [6.07, 6.45) is 1.15. The van der Waals surface area contributed by atoms with Crippen LogP contribution in [0.4, 0.5) is 5.69 Å². The summed E-state index contributed by atoms with van der Waals surface area (Å²) in [6, 6.07) is 24.4. The minimum atomic E-state index is -3.71. The third-order valence-corrected chi connectivity index (χ3v) is 7.15. The Balaban J connectivity index is 1.39. The molecule has 0 aromatic heterocycles. The van der Waals surface area contributed by atoms with Gasteiger partial charge >= 0.3 is 0 Å². The van der Waals surface area contributed by atoms with Crippen LogP contribution in [0.5, 0.6) is 5.75 Å². The van der Waals surface area contributed by atoms with Crippen LogP contribution in [0.1, 0.15) is 18.4 Å². The van der Waals surface area contributed by atoms with Gasteiger partial charge in [-0.25, -0.2) is 8.42 Å². The predicted molar refractivity (Wildman–Crippen MR) is 119 cm³/mol. The van der Waals surface area contributed by atoms with E-state index in [1.54, 1.807) is 54.6 Å². The third-order valence-electron chi connectivity index (χ3n) is 5.23. The highest BCUT2D eigenvalue weighted by Crippen LogP contribution is 2.27. The maximum absolute atomic E-state index is 13.0. The van der Waals surface area contributed by atoms with Gasteiger partial charge in [-0.1, -0.05) is 48.5 Å². The molecule has 1 unspecified atom stereocenters. The molecule has 1 aliphatic rings. The lowest BCUT2D eigenvalue weighted by Crippen LogP contribution is -2.43. The molecule has 1 heterocycles. The number of carbonyl (C=O) groups excluding carboxylic acids is 1. The molecular weight excluding hydrogens is 412 g/mol. The fourth-order valence-electron chi connectivity index (χ4n) is 3.62. The predicted octanol–water partition coefficient (Wildman–Crippen LogP) is 4.06. The van der Waals surface area contributed by atoms with Crippen molar-refractivity contribution in [1.29, 1.82) is 0 Å². The topological polar surface area (TPSA) is 75.7 Å². The molecule has 0 radical (unpaired) electrons. The van der Waals surface area contributed by atoms with Gasteiger partial charge in [-0.2, -0.15) is 4.31 Å². The molecule has 3 aromatic rings. The van der Waals surface area contributed by atoms with Crippen LogP contribution in [0.25, 0.3) is 0 Å². The van der Waals surface area contributed by atoms with Crippen molar-refractivity contribution in [2.75, 3.05) is 11.9 Å². The second kappa shape index (κ2) is 9.32. The van der Waals surface area contributed by atoms with Crippen molar-refractivity contribution in [2.24, 2.45) is 0 Å². The van der Waals surface area contributed by atoms with Crippen LogP contribution in [-0.4, -0.2) is 31.2 Å². The molecule has 7 heteroatoms. The first-order chi connectivity index (χ1) is 15.0. The molecule has 3 aromatic carbocycles. The van der Waals surface area contributed by atoms with E-state index in [-0.39, 0.29) is 10.8 Å². The van der Waals surface area contributed by atoms with Crippen molar-refractivity contribution in [3.05, 3.63) is 90.5 Å². The maximum atomic E-state index is 13.0. The molecule has 1 amide bonds. The van der Waals surface area contributed by atoms with Crippen LogP contribution >= 0.6 is 0 Å². The first kappa shape index (κ1) is 21.1. The molecule has 6 nitrogen and oxygen atoms in total. The van der Waals surface area contributed by atoms with Crippen molar-refractivity contribution in [3.63, 3.8) is 0 Å². The summed E-state index contributed by atoms with van der Waals surface area (Å²) in [4.78, 5) is 13.1. The molecule has 0 saturated carbocycles. The van der Waals surface area contributed by atoms with E-state index < -0.39 is 16.1 Å². The minimum Gasteiger partial charge on any atom is -0.489 e. The van der Waals surface area contributed by atoms with Gasteiger partial charge in [0.05, 0.1) is 4.90 Å². The summed E-state index contributed by atoms with van der Waals surface area (Å²) in [7, 11) is -3.71. The number of carbonyl (C=O) groups is 1. The second-order valence-corrected chi connectivity index (χ2v) is 9.27. The van der Waals surface area contributed by atoms with E-state index in [1.165, 1.54) is 4.31 Å². The van der Waals surface area contributed by atoms with Crippen molar-refractivity contribution in [3.8, 4) is 5.75 Å². The Kier molecular flexibility index (Phi) is 6.34. The van der Waals surface area contributed by atoms with E-state index in [4.69, 9.17) is 4.74 Å². The zero-order valence-corrected chi connectivity index (χ0v) is 17.8. The highest BCUT2D eigenvalue weighted by Gasteiger charge is 2.39. The maximum Gasteiger partial charge on any atom is 0.243 e. The summed E-state index contributed by atoms with van der Waals surface area (Å²) in [5.41, 5.74) is 1.67. The van der Waals surface area contributed by atoms with Gasteiger partial charge in [0.15, 0.2) is 0 Å². The first-order valence-corrected chi connectivity index (χ1v) is 11.6. The van der Waals surface area contributed by atoms with Gasteiger partial charge in [0.2, 0.25) is 15.9 Å². The lowest BCUT2D eigenvalue weighted by atomic mass is 10.2. The van der Waals surface area contributed by atoms with E-state index in [0.29, 0.717) is 37.4 Å². The van der Waals surface area contributed by atoms with E-state index in [1.807, 2.05) is 30.3 Å². The molecule has 1 N–H and O–H groups in total. The standard InChI is InChI=1S/C24H24N2O4S/c27-24(23-12-7-17-26(23)31(28,29)22-10-5-2-6-11-22)25-20-13-15-21(16-14-20)30-18-19-8-3-1-4-9-19/h1-6,8-11,13-16,23H,7,12,17-18H2,(H,25,27). The number of nitrogens with zero attached hydrogens (tertiary/aromatic N) is 1. The first-order valence-electron chi connectivity index (χ1n) is 10.2. The van der Waals surface area contributed by atoms with Gasteiger partial charge in [-0.05, 0) is 54.8 Å².